The van der Waals surface area contributed by atoms with E-state index in [1.807, 2.05) is 0 Å². The summed E-state index contributed by atoms with van der Waals surface area (Å²) in [5.41, 5.74) is 1.43. The average molecular weight is 225 g/mol. The summed E-state index contributed by atoms with van der Waals surface area (Å²) in [5, 5.41) is 6.45. The summed E-state index contributed by atoms with van der Waals surface area (Å²) in [6.07, 6.45) is 4.07. The predicted molar refractivity (Wildman–Crippen MR) is 73.1 cm³/mol. The Morgan fingerprint density at radius 2 is 1.82 bits per heavy atom. The van der Waals surface area contributed by atoms with Gasteiger partial charge >= 0.3 is 0 Å². The van der Waals surface area contributed by atoms with Crippen LogP contribution in [0.3, 0.4) is 0 Å². The monoisotopic (exact) mass is 225 g/mol. The molecule has 0 amide bonds. The summed E-state index contributed by atoms with van der Waals surface area (Å²) >= 11 is 0. The molecule has 0 saturated heterocycles. The number of rotatable bonds is 3. The Balaban J connectivity index is 1.92. The highest BCUT2D eigenvalue weighted by Crippen LogP contribution is 2.27. The standard InChI is InChI=1S/C16H19N/c1-12(17-14-8-5-9-14)15-11-4-7-13-6-2-3-10-16(13)15/h2-4,6-7,10-12,14,17H,5,8-9H2,1H3. The lowest BCUT2D eigenvalue weighted by molar-refractivity contribution is 0.314. The molecular formula is C16H19N. The van der Waals surface area contributed by atoms with Gasteiger partial charge in [-0.05, 0) is 36.1 Å². The molecule has 1 saturated carbocycles. The molecule has 1 atom stereocenters. The van der Waals surface area contributed by atoms with Gasteiger partial charge in [-0.25, -0.2) is 0 Å². The zero-order chi connectivity index (χ0) is 11.7. The van der Waals surface area contributed by atoms with E-state index in [4.69, 9.17) is 0 Å². The van der Waals surface area contributed by atoms with Crippen LogP contribution in [0.4, 0.5) is 0 Å². The van der Waals surface area contributed by atoms with Gasteiger partial charge in [0.15, 0.2) is 0 Å². The lowest BCUT2D eigenvalue weighted by Gasteiger charge is -2.30. The van der Waals surface area contributed by atoms with Crippen molar-refractivity contribution in [2.75, 3.05) is 0 Å². The highest BCUT2D eigenvalue weighted by atomic mass is 15.0. The van der Waals surface area contributed by atoms with Crippen molar-refractivity contribution in [2.24, 2.45) is 0 Å². The zero-order valence-electron chi connectivity index (χ0n) is 10.3. The van der Waals surface area contributed by atoms with E-state index < -0.39 is 0 Å². The Bertz CT molecular complexity index is 508. The summed E-state index contributed by atoms with van der Waals surface area (Å²) in [4.78, 5) is 0. The zero-order valence-corrected chi connectivity index (χ0v) is 10.3. The smallest absolute Gasteiger partial charge is 0.0300 e. The fourth-order valence-electron chi connectivity index (χ4n) is 2.65. The molecule has 0 aromatic heterocycles. The number of benzene rings is 2. The van der Waals surface area contributed by atoms with Gasteiger partial charge in [-0.1, -0.05) is 48.9 Å². The Kier molecular flexibility index (Phi) is 2.86. The quantitative estimate of drug-likeness (QED) is 0.831. The topological polar surface area (TPSA) is 12.0 Å². The molecule has 2 aromatic carbocycles. The summed E-state index contributed by atoms with van der Waals surface area (Å²) in [5.74, 6) is 0. The van der Waals surface area contributed by atoms with Gasteiger partial charge in [-0.2, -0.15) is 0 Å². The Morgan fingerprint density at radius 3 is 2.59 bits per heavy atom. The molecule has 3 rings (SSSR count). The van der Waals surface area contributed by atoms with Crippen LogP contribution in [0, 0.1) is 0 Å². The van der Waals surface area contributed by atoms with Crippen molar-refractivity contribution in [2.45, 2.75) is 38.3 Å². The molecule has 1 heteroatoms. The first-order valence-corrected chi connectivity index (χ1v) is 6.58. The van der Waals surface area contributed by atoms with Gasteiger partial charge < -0.3 is 5.32 Å². The summed E-state index contributed by atoms with van der Waals surface area (Å²) in [6, 6.07) is 16.4. The molecule has 1 nitrogen and oxygen atoms in total. The van der Waals surface area contributed by atoms with E-state index in [9.17, 15) is 0 Å². The fraction of sp³-hybridized carbons (Fsp3) is 0.375. The molecule has 0 spiro atoms. The first-order chi connectivity index (χ1) is 8.34. The highest BCUT2D eigenvalue weighted by Gasteiger charge is 2.20. The van der Waals surface area contributed by atoms with Crippen molar-refractivity contribution in [3.63, 3.8) is 0 Å². The van der Waals surface area contributed by atoms with Crippen molar-refractivity contribution in [1.29, 1.82) is 0 Å². The molecule has 1 aliphatic carbocycles. The molecule has 1 N–H and O–H groups in total. The van der Waals surface area contributed by atoms with Crippen molar-refractivity contribution in [3.05, 3.63) is 48.0 Å². The Morgan fingerprint density at radius 1 is 1.06 bits per heavy atom. The minimum Gasteiger partial charge on any atom is -0.307 e. The molecule has 0 bridgehead atoms. The predicted octanol–water partition coefficient (Wildman–Crippen LogP) is 4.04. The summed E-state index contributed by atoms with van der Waals surface area (Å²) in [6.45, 7) is 2.28. The van der Waals surface area contributed by atoms with Crippen LogP contribution in [0.5, 0.6) is 0 Å². The van der Waals surface area contributed by atoms with E-state index in [1.165, 1.54) is 35.6 Å². The van der Waals surface area contributed by atoms with Gasteiger partial charge in [0.25, 0.3) is 0 Å². The molecular weight excluding hydrogens is 206 g/mol. The first-order valence-electron chi connectivity index (χ1n) is 6.58. The molecule has 88 valence electrons. The molecule has 17 heavy (non-hydrogen) atoms. The minimum absolute atomic E-state index is 0.450. The average Bonchev–Trinajstić information content (AvgIpc) is 2.33. The summed E-state index contributed by atoms with van der Waals surface area (Å²) in [7, 11) is 0. The molecule has 2 aromatic rings. The lowest BCUT2D eigenvalue weighted by atomic mass is 9.91. The number of nitrogens with one attached hydrogen (secondary N) is 1. The third-order valence-electron chi connectivity index (χ3n) is 3.88. The van der Waals surface area contributed by atoms with E-state index in [2.05, 4.69) is 54.7 Å². The first kappa shape index (κ1) is 10.8. The van der Waals surface area contributed by atoms with E-state index in [-0.39, 0.29) is 0 Å². The van der Waals surface area contributed by atoms with Crippen LogP contribution < -0.4 is 5.32 Å². The molecule has 1 fully saturated rings. The van der Waals surface area contributed by atoms with E-state index in [0.29, 0.717) is 6.04 Å². The van der Waals surface area contributed by atoms with Crippen LogP contribution in [-0.2, 0) is 0 Å². The third kappa shape index (κ3) is 2.07. The third-order valence-corrected chi connectivity index (χ3v) is 3.88. The second kappa shape index (κ2) is 4.50. The highest BCUT2D eigenvalue weighted by molar-refractivity contribution is 5.86. The van der Waals surface area contributed by atoms with Gasteiger partial charge in [0.05, 0.1) is 0 Å². The minimum atomic E-state index is 0.450. The van der Waals surface area contributed by atoms with Gasteiger partial charge in [-0.15, -0.1) is 0 Å². The molecule has 0 radical (unpaired) electrons. The van der Waals surface area contributed by atoms with Crippen molar-refractivity contribution in [3.8, 4) is 0 Å². The van der Waals surface area contributed by atoms with E-state index >= 15 is 0 Å². The second-order valence-corrected chi connectivity index (χ2v) is 5.08. The van der Waals surface area contributed by atoms with Crippen LogP contribution in [0.2, 0.25) is 0 Å². The van der Waals surface area contributed by atoms with Gasteiger partial charge in [0.2, 0.25) is 0 Å². The Labute approximate surface area is 103 Å². The molecule has 1 aliphatic rings. The Hall–Kier alpha value is -1.34. The van der Waals surface area contributed by atoms with Crippen molar-refractivity contribution >= 4 is 10.8 Å². The van der Waals surface area contributed by atoms with Crippen LogP contribution in [0.25, 0.3) is 10.8 Å². The molecule has 0 aliphatic heterocycles. The van der Waals surface area contributed by atoms with Crippen molar-refractivity contribution in [1.82, 2.24) is 5.32 Å². The number of fused-ring (bicyclic) bond motifs is 1. The van der Waals surface area contributed by atoms with Crippen LogP contribution in [-0.4, -0.2) is 6.04 Å². The normalized spacial score (nSPS) is 17.9. The maximum atomic E-state index is 3.72. The molecule has 1 unspecified atom stereocenters. The van der Waals surface area contributed by atoms with E-state index in [0.717, 1.165) is 6.04 Å². The number of hydrogen-bond acceptors (Lipinski definition) is 1. The maximum absolute atomic E-state index is 3.72. The number of hydrogen-bond donors (Lipinski definition) is 1. The largest absolute Gasteiger partial charge is 0.307 e. The van der Waals surface area contributed by atoms with Crippen LogP contribution in [0.15, 0.2) is 42.5 Å². The summed E-state index contributed by atoms with van der Waals surface area (Å²) < 4.78 is 0. The van der Waals surface area contributed by atoms with Gasteiger partial charge in [0.1, 0.15) is 0 Å². The van der Waals surface area contributed by atoms with Gasteiger partial charge in [-0.3, -0.25) is 0 Å². The van der Waals surface area contributed by atoms with Crippen LogP contribution in [0.1, 0.15) is 37.8 Å². The fourth-order valence-corrected chi connectivity index (χ4v) is 2.65. The maximum Gasteiger partial charge on any atom is 0.0300 e. The van der Waals surface area contributed by atoms with Gasteiger partial charge in [0, 0.05) is 12.1 Å². The SMILES string of the molecule is CC(NC1CCC1)c1cccc2ccccc12. The van der Waals surface area contributed by atoms with E-state index in [1.54, 1.807) is 0 Å². The molecule has 0 heterocycles. The van der Waals surface area contributed by atoms with Crippen LogP contribution >= 0.6 is 0 Å². The lowest BCUT2D eigenvalue weighted by Crippen LogP contribution is -2.36. The van der Waals surface area contributed by atoms with Crippen molar-refractivity contribution < 1.29 is 0 Å². The second-order valence-electron chi connectivity index (χ2n) is 5.08.